The molecule has 0 heterocycles. The summed E-state index contributed by atoms with van der Waals surface area (Å²) in [6.45, 7) is 3.49. The van der Waals surface area contributed by atoms with Gasteiger partial charge in [0.05, 0.1) is 0 Å². The van der Waals surface area contributed by atoms with Gasteiger partial charge >= 0.3 is 0 Å². The normalized spacial score (nSPS) is 10.0. The highest BCUT2D eigenvalue weighted by atomic mass is 35.5. The Hall–Kier alpha value is -2.64. The van der Waals surface area contributed by atoms with Crippen LogP contribution in [0.4, 0.5) is 11.4 Å². The van der Waals surface area contributed by atoms with E-state index in [1.807, 2.05) is 6.92 Å². The van der Waals surface area contributed by atoms with Crippen LogP contribution in [-0.2, 0) is 9.59 Å². The number of carbonyl (C=O) groups excluding carboxylic acids is 2. The van der Waals surface area contributed by atoms with E-state index in [0.717, 1.165) is 5.56 Å². The molecule has 0 aliphatic carbocycles. The minimum Gasteiger partial charge on any atom is -0.483 e. The Kier molecular flexibility index (Phi) is 7.57. The highest BCUT2D eigenvalue weighted by molar-refractivity contribution is 7.80. The van der Waals surface area contributed by atoms with Gasteiger partial charge in [-0.2, -0.15) is 0 Å². The first kappa shape index (κ1) is 20.7. The Morgan fingerprint density at radius 3 is 2.26 bits per heavy atom. The van der Waals surface area contributed by atoms with Crippen molar-refractivity contribution in [3.8, 4) is 5.75 Å². The zero-order valence-corrected chi connectivity index (χ0v) is 16.5. The quantitative estimate of drug-likeness (QED) is 0.635. The molecule has 27 heavy (non-hydrogen) atoms. The molecule has 0 bridgehead atoms. The second kappa shape index (κ2) is 9.89. The Morgan fingerprint density at radius 2 is 1.67 bits per heavy atom. The molecule has 0 radical (unpaired) electrons. The molecule has 0 atom stereocenters. The van der Waals surface area contributed by atoms with Gasteiger partial charge < -0.3 is 20.7 Å². The van der Waals surface area contributed by atoms with Crippen LogP contribution >= 0.6 is 23.8 Å². The summed E-state index contributed by atoms with van der Waals surface area (Å²) in [7, 11) is 0. The molecule has 2 aromatic rings. The summed E-state index contributed by atoms with van der Waals surface area (Å²) in [5.41, 5.74) is 2.17. The van der Waals surface area contributed by atoms with Crippen LogP contribution in [0, 0.1) is 6.92 Å². The average molecular weight is 406 g/mol. The van der Waals surface area contributed by atoms with E-state index in [-0.39, 0.29) is 23.5 Å². The van der Waals surface area contributed by atoms with E-state index in [0.29, 0.717) is 28.6 Å². The van der Waals surface area contributed by atoms with Crippen molar-refractivity contribution >= 4 is 52.1 Å². The molecular weight excluding hydrogens is 386 g/mol. The Bertz CT molecular complexity index is 841. The first-order chi connectivity index (χ1) is 12.9. The molecule has 142 valence electrons. The van der Waals surface area contributed by atoms with Gasteiger partial charge in [-0.25, -0.2) is 0 Å². The maximum absolute atomic E-state index is 12.0. The predicted molar refractivity (Wildman–Crippen MR) is 111 cm³/mol. The van der Waals surface area contributed by atoms with Gasteiger partial charge in [0.25, 0.3) is 5.91 Å². The maximum atomic E-state index is 12.0. The first-order valence-corrected chi connectivity index (χ1v) is 9.05. The zero-order chi connectivity index (χ0) is 19.8. The number of thiocarbonyl (C=S) groups is 1. The molecule has 0 aromatic heterocycles. The molecule has 0 spiro atoms. The summed E-state index contributed by atoms with van der Waals surface area (Å²) in [5, 5.41) is 9.04. The number of carbonyl (C=O) groups is 2. The molecule has 0 aliphatic rings. The molecule has 0 aliphatic heterocycles. The Balaban J connectivity index is 1.83. The number of hydrogen-bond acceptors (Lipinski definition) is 4. The number of nitrogens with one attached hydrogen (secondary N) is 3. The number of rotatable bonds is 6. The van der Waals surface area contributed by atoms with Gasteiger partial charge in [-0.1, -0.05) is 18.5 Å². The van der Waals surface area contributed by atoms with Crippen molar-refractivity contribution in [3.05, 3.63) is 53.1 Å². The highest BCUT2D eigenvalue weighted by Gasteiger charge is 2.07. The van der Waals surface area contributed by atoms with Crippen molar-refractivity contribution in [2.24, 2.45) is 0 Å². The van der Waals surface area contributed by atoms with Crippen molar-refractivity contribution < 1.29 is 14.3 Å². The van der Waals surface area contributed by atoms with E-state index in [9.17, 15) is 9.59 Å². The summed E-state index contributed by atoms with van der Waals surface area (Å²) in [6.07, 6.45) is 0.352. The van der Waals surface area contributed by atoms with E-state index in [4.69, 9.17) is 28.6 Å². The van der Waals surface area contributed by atoms with Crippen LogP contribution in [-0.4, -0.2) is 23.5 Å². The Labute approximate surface area is 168 Å². The molecule has 0 saturated heterocycles. The van der Waals surface area contributed by atoms with Crippen LogP contribution in [0.1, 0.15) is 18.9 Å². The molecule has 3 N–H and O–H groups in total. The van der Waals surface area contributed by atoms with Crippen LogP contribution in [0.5, 0.6) is 5.75 Å². The third kappa shape index (κ3) is 6.88. The van der Waals surface area contributed by atoms with E-state index >= 15 is 0 Å². The van der Waals surface area contributed by atoms with E-state index in [1.165, 1.54) is 0 Å². The first-order valence-electron chi connectivity index (χ1n) is 8.27. The fourth-order valence-corrected chi connectivity index (χ4v) is 2.59. The standard InChI is InChI=1S/C19H20ClN3O3S/c1-3-17(24)23-19(27)22-15-7-5-14(6-8-15)21-18(25)11-26-16-9-4-13(20)10-12(16)2/h4-10H,3,11H2,1-2H3,(H,21,25)(H2,22,23,24,27). The van der Waals surface area contributed by atoms with Crippen LogP contribution in [0.2, 0.25) is 5.02 Å². The van der Waals surface area contributed by atoms with Gasteiger partial charge in [-0.05, 0) is 67.2 Å². The molecule has 2 rings (SSSR count). The van der Waals surface area contributed by atoms with Crippen molar-refractivity contribution in [1.29, 1.82) is 0 Å². The second-order valence-corrected chi connectivity index (χ2v) is 6.52. The fraction of sp³-hybridized carbons (Fsp3) is 0.211. The molecule has 2 aromatic carbocycles. The summed E-state index contributed by atoms with van der Waals surface area (Å²) >= 11 is 10.9. The van der Waals surface area contributed by atoms with E-state index in [2.05, 4.69) is 16.0 Å². The molecule has 6 nitrogen and oxygen atoms in total. The topological polar surface area (TPSA) is 79.5 Å². The lowest BCUT2D eigenvalue weighted by atomic mass is 10.2. The van der Waals surface area contributed by atoms with Crippen molar-refractivity contribution in [1.82, 2.24) is 5.32 Å². The lowest BCUT2D eigenvalue weighted by Crippen LogP contribution is -2.33. The van der Waals surface area contributed by atoms with Gasteiger partial charge in [-0.15, -0.1) is 0 Å². The van der Waals surface area contributed by atoms with Crippen molar-refractivity contribution in [3.63, 3.8) is 0 Å². The number of aryl methyl sites for hydroxylation is 1. The smallest absolute Gasteiger partial charge is 0.262 e. The van der Waals surface area contributed by atoms with Gasteiger partial charge in [0.2, 0.25) is 5.91 Å². The molecule has 0 unspecified atom stereocenters. The molecular formula is C19H20ClN3O3S. The lowest BCUT2D eigenvalue weighted by molar-refractivity contribution is -0.119. The van der Waals surface area contributed by atoms with Crippen molar-refractivity contribution in [2.45, 2.75) is 20.3 Å². The average Bonchev–Trinajstić information content (AvgIpc) is 2.62. The third-order valence-corrected chi connectivity index (χ3v) is 3.94. The zero-order valence-electron chi connectivity index (χ0n) is 15.0. The van der Waals surface area contributed by atoms with Crippen LogP contribution in [0.15, 0.2) is 42.5 Å². The highest BCUT2D eigenvalue weighted by Crippen LogP contribution is 2.21. The lowest BCUT2D eigenvalue weighted by Gasteiger charge is -2.11. The van der Waals surface area contributed by atoms with Gasteiger partial charge in [-0.3, -0.25) is 9.59 Å². The molecule has 8 heteroatoms. The minimum absolute atomic E-state index is 0.115. The summed E-state index contributed by atoms with van der Waals surface area (Å²) in [5.74, 6) is 0.167. The van der Waals surface area contributed by atoms with Gasteiger partial charge in [0.1, 0.15) is 5.75 Å². The number of benzene rings is 2. The van der Waals surface area contributed by atoms with Crippen LogP contribution in [0.3, 0.4) is 0 Å². The fourth-order valence-electron chi connectivity index (χ4n) is 2.13. The van der Waals surface area contributed by atoms with Crippen LogP contribution < -0.4 is 20.7 Å². The maximum Gasteiger partial charge on any atom is 0.262 e. The van der Waals surface area contributed by atoms with Gasteiger partial charge in [0.15, 0.2) is 11.7 Å². The summed E-state index contributed by atoms with van der Waals surface area (Å²) in [6, 6.07) is 12.1. The number of hydrogen-bond donors (Lipinski definition) is 3. The Morgan fingerprint density at radius 1 is 1.04 bits per heavy atom. The SMILES string of the molecule is CCC(=O)NC(=S)Nc1ccc(NC(=O)COc2ccc(Cl)cc2C)cc1. The monoisotopic (exact) mass is 405 g/mol. The third-order valence-electron chi connectivity index (χ3n) is 3.50. The number of ether oxygens (including phenoxy) is 1. The largest absolute Gasteiger partial charge is 0.483 e. The van der Waals surface area contributed by atoms with Gasteiger partial charge in [0, 0.05) is 22.8 Å². The summed E-state index contributed by atoms with van der Waals surface area (Å²) in [4.78, 5) is 23.3. The molecule has 0 saturated carbocycles. The predicted octanol–water partition coefficient (Wildman–Crippen LogP) is 3.89. The van der Waals surface area contributed by atoms with E-state index < -0.39 is 0 Å². The molecule has 2 amide bonds. The molecule has 0 fully saturated rings. The van der Waals surface area contributed by atoms with E-state index in [1.54, 1.807) is 49.4 Å². The number of anilines is 2. The number of halogens is 1. The summed E-state index contributed by atoms with van der Waals surface area (Å²) < 4.78 is 5.51. The van der Waals surface area contributed by atoms with Crippen LogP contribution in [0.25, 0.3) is 0 Å². The number of amides is 2. The van der Waals surface area contributed by atoms with Crippen molar-refractivity contribution in [2.75, 3.05) is 17.2 Å². The second-order valence-electron chi connectivity index (χ2n) is 5.68. The minimum atomic E-state index is -0.282.